The van der Waals surface area contributed by atoms with Gasteiger partial charge in [0, 0.05) is 6.42 Å². The van der Waals surface area contributed by atoms with Crippen LogP contribution in [0.2, 0.25) is 0 Å². The van der Waals surface area contributed by atoms with Crippen LogP contribution in [0.25, 0.3) is 0 Å². The van der Waals surface area contributed by atoms with Crippen LogP contribution in [-0.4, -0.2) is 24.1 Å². The number of aryl methyl sites for hydroxylation is 1. The Morgan fingerprint density at radius 1 is 1.08 bits per heavy atom. The number of rotatable bonds is 8. The number of carbonyl (C=O) groups is 2. The highest BCUT2D eigenvalue weighted by molar-refractivity contribution is 5.78. The predicted molar refractivity (Wildman–Crippen MR) is 100 cm³/mol. The van der Waals surface area contributed by atoms with Gasteiger partial charge in [-0.05, 0) is 41.7 Å². The molecule has 26 heavy (non-hydrogen) atoms. The van der Waals surface area contributed by atoms with Crippen LogP contribution < -0.4 is 10.1 Å². The van der Waals surface area contributed by atoms with Crippen molar-refractivity contribution >= 4 is 11.9 Å². The van der Waals surface area contributed by atoms with Crippen molar-refractivity contribution in [3.8, 4) is 5.75 Å². The fourth-order valence-electron chi connectivity index (χ4n) is 2.97. The summed E-state index contributed by atoms with van der Waals surface area (Å²) in [6, 6.07) is 14.6. The van der Waals surface area contributed by atoms with Gasteiger partial charge >= 0.3 is 5.97 Å². The number of nitrogens with one attached hydrogen (secondary N) is 1. The zero-order valence-corrected chi connectivity index (χ0v) is 15.4. The van der Waals surface area contributed by atoms with Crippen LogP contribution >= 0.6 is 0 Å². The van der Waals surface area contributed by atoms with E-state index in [9.17, 15) is 14.7 Å². The van der Waals surface area contributed by atoms with Crippen LogP contribution in [0.15, 0.2) is 48.5 Å². The lowest BCUT2D eigenvalue weighted by Gasteiger charge is -2.21. The Morgan fingerprint density at radius 2 is 1.73 bits per heavy atom. The van der Waals surface area contributed by atoms with Gasteiger partial charge in [-0.3, -0.25) is 9.59 Å². The van der Waals surface area contributed by atoms with Crippen molar-refractivity contribution in [2.24, 2.45) is 0 Å². The van der Waals surface area contributed by atoms with Gasteiger partial charge in [0.15, 0.2) is 0 Å². The van der Waals surface area contributed by atoms with Gasteiger partial charge < -0.3 is 15.2 Å². The lowest BCUT2D eigenvalue weighted by molar-refractivity contribution is -0.137. The number of carboxylic acid groups (broad SMARTS) is 1. The van der Waals surface area contributed by atoms with Crippen molar-refractivity contribution in [2.45, 2.75) is 38.6 Å². The number of hydrogen-bond acceptors (Lipinski definition) is 3. The topological polar surface area (TPSA) is 75.6 Å². The summed E-state index contributed by atoms with van der Waals surface area (Å²) in [7, 11) is 1.61. The summed E-state index contributed by atoms with van der Waals surface area (Å²) in [6.07, 6.45) is 0.141. The molecule has 0 saturated carbocycles. The molecule has 2 atom stereocenters. The second-order valence-corrected chi connectivity index (χ2v) is 6.45. The number of benzene rings is 2. The van der Waals surface area contributed by atoms with E-state index in [1.807, 2.05) is 62.4 Å². The van der Waals surface area contributed by atoms with E-state index in [4.69, 9.17) is 4.74 Å². The first-order valence-electron chi connectivity index (χ1n) is 8.61. The molecule has 0 fully saturated rings. The molecule has 5 nitrogen and oxygen atoms in total. The van der Waals surface area contributed by atoms with Crippen LogP contribution in [0.1, 0.15) is 48.4 Å². The second-order valence-electron chi connectivity index (χ2n) is 6.45. The van der Waals surface area contributed by atoms with E-state index in [0.717, 1.165) is 22.4 Å². The maximum absolute atomic E-state index is 12.5. The number of amides is 1. The first-order valence-corrected chi connectivity index (χ1v) is 8.61. The summed E-state index contributed by atoms with van der Waals surface area (Å²) in [5.74, 6) is -0.320. The van der Waals surface area contributed by atoms with Crippen molar-refractivity contribution in [3.63, 3.8) is 0 Å². The van der Waals surface area contributed by atoms with Gasteiger partial charge in [-0.15, -0.1) is 0 Å². The highest BCUT2D eigenvalue weighted by Gasteiger charge is 2.21. The Hall–Kier alpha value is -2.82. The van der Waals surface area contributed by atoms with Crippen molar-refractivity contribution in [1.82, 2.24) is 5.32 Å². The molecular weight excluding hydrogens is 330 g/mol. The monoisotopic (exact) mass is 355 g/mol. The number of aliphatic carboxylic acids is 1. The summed E-state index contributed by atoms with van der Waals surface area (Å²) in [4.78, 5) is 23.7. The first kappa shape index (κ1) is 19.5. The summed E-state index contributed by atoms with van der Waals surface area (Å²) in [5, 5.41) is 12.1. The number of hydrogen-bond donors (Lipinski definition) is 2. The average Bonchev–Trinajstić information content (AvgIpc) is 2.61. The standard InChI is InChI=1S/C21H25NO4/c1-14-6-4-5-7-18(14)19(13-21(24)25)22-20(23)12-15(2)16-8-10-17(26-3)11-9-16/h4-11,15,19H,12-13H2,1-3H3,(H,22,23)(H,24,25). The van der Waals surface area contributed by atoms with E-state index >= 15 is 0 Å². The zero-order valence-electron chi connectivity index (χ0n) is 15.4. The largest absolute Gasteiger partial charge is 0.497 e. The molecule has 0 spiro atoms. The molecule has 0 aliphatic carbocycles. The summed E-state index contributed by atoms with van der Waals surface area (Å²) < 4.78 is 5.14. The number of methoxy groups -OCH3 is 1. The van der Waals surface area contributed by atoms with E-state index in [1.54, 1.807) is 7.11 Å². The molecular formula is C21H25NO4. The lowest BCUT2D eigenvalue weighted by atomic mass is 9.95. The fraction of sp³-hybridized carbons (Fsp3) is 0.333. The minimum Gasteiger partial charge on any atom is -0.497 e. The molecule has 5 heteroatoms. The van der Waals surface area contributed by atoms with Crippen LogP contribution in [0.3, 0.4) is 0 Å². The Kier molecular flexibility index (Phi) is 6.78. The van der Waals surface area contributed by atoms with E-state index < -0.39 is 12.0 Å². The molecule has 0 aromatic heterocycles. The molecule has 0 saturated heterocycles. The van der Waals surface area contributed by atoms with Crippen LogP contribution in [-0.2, 0) is 9.59 Å². The molecule has 2 N–H and O–H groups in total. The Bertz CT molecular complexity index is 755. The van der Waals surface area contributed by atoms with Crippen molar-refractivity contribution < 1.29 is 19.4 Å². The molecule has 0 aliphatic rings. The number of carbonyl (C=O) groups excluding carboxylic acids is 1. The minimum atomic E-state index is -0.943. The molecule has 0 heterocycles. The van der Waals surface area contributed by atoms with Crippen molar-refractivity contribution in [3.05, 3.63) is 65.2 Å². The van der Waals surface area contributed by atoms with Crippen LogP contribution in [0, 0.1) is 6.92 Å². The molecule has 0 aliphatic heterocycles. The molecule has 0 radical (unpaired) electrons. The average molecular weight is 355 g/mol. The third kappa shape index (κ3) is 5.34. The van der Waals surface area contributed by atoms with Gasteiger partial charge in [-0.1, -0.05) is 43.3 Å². The quantitative estimate of drug-likeness (QED) is 0.754. The second kappa shape index (κ2) is 9.04. The Labute approximate surface area is 154 Å². The van der Waals surface area contributed by atoms with Crippen molar-refractivity contribution in [1.29, 1.82) is 0 Å². The van der Waals surface area contributed by atoms with Gasteiger partial charge in [-0.25, -0.2) is 0 Å². The fourth-order valence-corrected chi connectivity index (χ4v) is 2.97. The predicted octanol–water partition coefficient (Wildman–Crippen LogP) is 3.83. The van der Waals surface area contributed by atoms with Gasteiger partial charge in [0.1, 0.15) is 5.75 Å². The highest BCUT2D eigenvalue weighted by Crippen LogP contribution is 2.24. The molecule has 138 valence electrons. The van der Waals surface area contributed by atoms with E-state index in [2.05, 4.69) is 5.32 Å². The third-order valence-electron chi connectivity index (χ3n) is 4.45. The smallest absolute Gasteiger partial charge is 0.305 e. The number of ether oxygens (including phenoxy) is 1. The van der Waals surface area contributed by atoms with Gasteiger partial charge in [0.2, 0.25) is 5.91 Å². The molecule has 1 amide bonds. The SMILES string of the molecule is COc1ccc(C(C)CC(=O)NC(CC(=O)O)c2ccccc2C)cc1. The normalized spacial score (nSPS) is 12.9. The minimum absolute atomic E-state index is 0.0169. The van der Waals surface area contributed by atoms with Crippen LogP contribution in [0.4, 0.5) is 0 Å². The Balaban J connectivity index is 2.06. The molecule has 2 aromatic carbocycles. The molecule has 2 rings (SSSR count). The van der Waals surface area contributed by atoms with Crippen molar-refractivity contribution in [2.75, 3.05) is 7.11 Å². The maximum atomic E-state index is 12.5. The van der Waals surface area contributed by atoms with Gasteiger partial charge in [0.25, 0.3) is 0 Å². The van der Waals surface area contributed by atoms with E-state index in [0.29, 0.717) is 0 Å². The third-order valence-corrected chi connectivity index (χ3v) is 4.45. The van der Waals surface area contributed by atoms with Gasteiger partial charge in [-0.2, -0.15) is 0 Å². The molecule has 2 aromatic rings. The zero-order chi connectivity index (χ0) is 19.1. The Morgan fingerprint density at radius 3 is 2.31 bits per heavy atom. The van der Waals surface area contributed by atoms with Crippen LogP contribution in [0.5, 0.6) is 5.75 Å². The first-order chi connectivity index (χ1) is 12.4. The van der Waals surface area contributed by atoms with E-state index in [-0.39, 0.29) is 24.7 Å². The number of carboxylic acids is 1. The van der Waals surface area contributed by atoms with E-state index in [1.165, 1.54) is 0 Å². The molecule has 0 bridgehead atoms. The highest BCUT2D eigenvalue weighted by atomic mass is 16.5. The summed E-state index contributed by atoms with van der Waals surface area (Å²) in [6.45, 7) is 3.89. The lowest BCUT2D eigenvalue weighted by Crippen LogP contribution is -2.31. The molecule has 2 unspecified atom stereocenters. The summed E-state index contributed by atoms with van der Waals surface area (Å²) in [5.41, 5.74) is 2.83. The maximum Gasteiger partial charge on any atom is 0.305 e. The summed E-state index contributed by atoms with van der Waals surface area (Å²) >= 11 is 0. The van der Waals surface area contributed by atoms with Gasteiger partial charge in [0.05, 0.1) is 19.6 Å².